The molecule has 0 N–H and O–H groups in total. The lowest BCUT2D eigenvalue weighted by Crippen LogP contribution is -2.14. The first-order chi connectivity index (χ1) is 7.97. The first kappa shape index (κ1) is 14.1. The summed E-state index contributed by atoms with van der Waals surface area (Å²) in [4.78, 5) is 11.1. The molecule has 0 aromatic heterocycles. The van der Waals surface area contributed by atoms with Crippen molar-refractivity contribution in [1.82, 2.24) is 0 Å². The largest absolute Gasteiger partial charge is 0.480 e. The molecule has 0 unspecified atom stereocenters. The quantitative estimate of drug-likeness (QED) is 0.789. The Morgan fingerprint density at radius 1 is 1.29 bits per heavy atom. The van der Waals surface area contributed by atoms with E-state index < -0.39 is 5.97 Å². The molecule has 1 aromatic carbocycles. The van der Waals surface area contributed by atoms with Gasteiger partial charge in [-0.25, -0.2) is 4.79 Å². The van der Waals surface area contributed by atoms with Crippen molar-refractivity contribution in [2.75, 3.05) is 13.2 Å². The molecule has 1 aromatic rings. The van der Waals surface area contributed by atoms with Crippen molar-refractivity contribution in [1.29, 1.82) is 0 Å². The maximum atomic E-state index is 11.1. The smallest absolute Gasteiger partial charge is 0.344 e. The number of halogens is 2. The van der Waals surface area contributed by atoms with Gasteiger partial charge in [0.1, 0.15) is 5.75 Å². The second kappa shape index (κ2) is 6.12. The molecule has 3 nitrogen and oxygen atoms in total. The number of esters is 1. The molecular formula is C12H14Cl2O3. The summed E-state index contributed by atoms with van der Waals surface area (Å²) in [6, 6.07) is 1.71. The highest BCUT2D eigenvalue weighted by atomic mass is 35.5. The Bertz CT molecular complexity index is 430. The molecule has 0 fully saturated rings. The minimum atomic E-state index is -0.422. The molecule has 0 saturated heterocycles. The van der Waals surface area contributed by atoms with E-state index in [1.54, 1.807) is 19.9 Å². The van der Waals surface area contributed by atoms with E-state index in [0.29, 0.717) is 22.4 Å². The van der Waals surface area contributed by atoms with Crippen LogP contribution in [0, 0.1) is 13.8 Å². The van der Waals surface area contributed by atoms with Crippen LogP contribution in [0.5, 0.6) is 5.75 Å². The van der Waals surface area contributed by atoms with E-state index in [1.165, 1.54) is 0 Å². The SMILES string of the molecule is CCOC(=O)COc1cc(C)c(Cl)c(C)c1Cl. The van der Waals surface area contributed by atoms with Crippen molar-refractivity contribution in [3.63, 3.8) is 0 Å². The van der Waals surface area contributed by atoms with Gasteiger partial charge in [0.2, 0.25) is 0 Å². The van der Waals surface area contributed by atoms with Crippen LogP contribution in [0.15, 0.2) is 6.07 Å². The van der Waals surface area contributed by atoms with E-state index in [4.69, 9.17) is 32.7 Å². The fraction of sp³-hybridized carbons (Fsp3) is 0.417. The molecule has 0 saturated carbocycles. The van der Waals surface area contributed by atoms with Gasteiger partial charge in [0.15, 0.2) is 6.61 Å². The molecule has 1 rings (SSSR count). The monoisotopic (exact) mass is 276 g/mol. The van der Waals surface area contributed by atoms with E-state index in [-0.39, 0.29) is 6.61 Å². The van der Waals surface area contributed by atoms with Crippen molar-refractivity contribution >= 4 is 29.2 Å². The van der Waals surface area contributed by atoms with Gasteiger partial charge < -0.3 is 9.47 Å². The van der Waals surface area contributed by atoms with E-state index in [0.717, 1.165) is 11.1 Å². The van der Waals surface area contributed by atoms with Gasteiger partial charge in [0, 0.05) is 5.02 Å². The minimum Gasteiger partial charge on any atom is -0.480 e. The molecule has 0 radical (unpaired) electrons. The molecule has 94 valence electrons. The Morgan fingerprint density at radius 3 is 2.53 bits per heavy atom. The third-order valence-electron chi connectivity index (χ3n) is 2.22. The third-order valence-corrected chi connectivity index (χ3v) is 3.27. The summed E-state index contributed by atoms with van der Waals surface area (Å²) in [5.74, 6) is 0.0212. The first-order valence-electron chi connectivity index (χ1n) is 5.21. The molecule has 17 heavy (non-hydrogen) atoms. The zero-order valence-corrected chi connectivity index (χ0v) is 11.5. The van der Waals surface area contributed by atoms with Gasteiger partial charge in [0.05, 0.1) is 11.6 Å². The Morgan fingerprint density at radius 2 is 1.94 bits per heavy atom. The third kappa shape index (κ3) is 3.51. The average Bonchev–Trinajstić information content (AvgIpc) is 2.30. The summed E-state index contributed by atoms with van der Waals surface area (Å²) in [7, 11) is 0. The maximum Gasteiger partial charge on any atom is 0.344 e. The maximum absolute atomic E-state index is 11.1. The van der Waals surface area contributed by atoms with Crippen molar-refractivity contribution in [3.8, 4) is 5.75 Å². The molecule has 0 bridgehead atoms. The minimum absolute atomic E-state index is 0.159. The number of hydrogen-bond acceptors (Lipinski definition) is 3. The Labute approximate surface area is 111 Å². The molecular weight excluding hydrogens is 263 g/mol. The van der Waals surface area contributed by atoms with Crippen LogP contribution in [-0.2, 0) is 9.53 Å². The van der Waals surface area contributed by atoms with Gasteiger partial charge in [-0.05, 0) is 38.0 Å². The second-order valence-corrected chi connectivity index (χ2v) is 4.29. The van der Waals surface area contributed by atoms with E-state index >= 15 is 0 Å². The molecule has 0 atom stereocenters. The fourth-order valence-corrected chi connectivity index (χ4v) is 1.75. The average molecular weight is 277 g/mol. The second-order valence-electron chi connectivity index (χ2n) is 3.54. The summed E-state index contributed by atoms with van der Waals surface area (Å²) in [5, 5.41) is 1.03. The highest BCUT2D eigenvalue weighted by molar-refractivity contribution is 6.37. The topological polar surface area (TPSA) is 35.5 Å². The number of carbonyl (C=O) groups excluding carboxylic acids is 1. The Kier molecular flexibility index (Phi) is 5.09. The number of rotatable bonds is 4. The van der Waals surface area contributed by atoms with Crippen molar-refractivity contribution in [3.05, 3.63) is 27.2 Å². The fourth-order valence-electron chi connectivity index (χ4n) is 1.34. The normalized spacial score (nSPS) is 10.2. The predicted molar refractivity (Wildman–Crippen MR) is 68.1 cm³/mol. The van der Waals surface area contributed by atoms with Crippen LogP contribution in [0.25, 0.3) is 0 Å². The zero-order chi connectivity index (χ0) is 13.0. The Hall–Kier alpha value is -0.930. The van der Waals surface area contributed by atoms with Gasteiger partial charge in [-0.2, -0.15) is 0 Å². The number of carbonyl (C=O) groups is 1. The number of benzene rings is 1. The van der Waals surface area contributed by atoms with Gasteiger partial charge in [-0.1, -0.05) is 23.2 Å². The molecule has 0 aliphatic heterocycles. The highest BCUT2D eigenvalue weighted by Gasteiger charge is 2.12. The molecule has 0 spiro atoms. The van der Waals surface area contributed by atoms with Crippen molar-refractivity contribution in [2.24, 2.45) is 0 Å². The summed E-state index contributed by atoms with van der Waals surface area (Å²) in [6.07, 6.45) is 0. The van der Waals surface area contributed by atoms with Gasteiger partial charge in [-0.3, -0.25) is 0 Å². The number of ether oxygens (including phenoxy) is 2. The molecule has 0 aliphatic rings. The summed E-state index contributed by atoms with van der Waals surface area (Å²) < 4.78 is 10.1. The molecule has 5 heteroatoms. The van der Waals surface area contributed by atoms with Crippen LogP contribution >= 0.6 is 23.2 Å². The van der Waals surface area contributed by atoms with Crippen LogP contribution in [0.2, 0.25) is 10.0 Å². The van der Waals surface area contributed by atoms with Crippen LogP contribution in [0.3, 0.4) is 0 Å². The van der Waals surface area contributed by atoms with Crippen LogP contribution < -0.4 is 4.74 Å². The van der Waals surface area contributed by atoms with Gasteiger partial charge in [-0.15, -0.1) is 0 Å². The Balaban J connectivity index is 2.82. The van der Waals surface area contributed by atoms with Crippen LogP contribution in [0.4, 0.5) is 0 Å². The van der Waals surface area contributed by atoms with Crippen molar-refractivity contribution in [2.45, 2.75) is 20.8 Å². The molecule has 0 heterocycles. The lowest BCUT2D eigenvalue weighted by atomic mass is 10.1. The number of aryl methyl sites for hydroxylation is 1. The standard InChI is InChI=1S/C12H14Cl2O3/c1-4-16-10(15)6-17-9-5-7(2)11(13)8(3)12(9)14/h5H,4,6H2,1-3H3. The predicted octanol–water partition coefficient (Wildman–Crippen LogP) is 3.55. The molecule has 0 amide bonds. The lowest BCUT2D eigenvalue weighted by molar-refractivity contribution is -0.145. The first-order valence-corrected chi connectivity index (χ1v) is 5.96. The summed E-state index contributed by atoms with van der Waals surface area (Å²) in [6.45, 7) is 5.56. The summed E-state index contributed by atoms with van der Waals surface area (Å²) in [5.41, 5.74) is 1.60. The van der Waals surface area contributed by atoms with Crippen LogP contribution in [-0.4, -0.2) is 19.2 Å². The van der Waals surface area contributed by atoms with Gasteiger partial charge in [0.25, 0.3) is 0 Å². The van der Waals surface area contributed by atoms with E-state index in [2.05, 4.69) is 0 Å². The number of hydrogen-bond donors (Lipinski definition) is 0. The highest BCUT2D eigenvalue weighted by Crippen LogP contribution is 2.35. The van der Waals surface area contributed by atoms with E-state index in [1.807, 2.05) is 6.92 Å². The summed E-state index contributed by atoms with van der Waals surface area (Å²) >= 11 is 12.1. The van der Waals surface area contributed by atoms with E-state index in [9.17, 15) is 4.79 Å². The van der Waals surface area contributed by atoms with Gasteiger partial charge >= 0.3 is 5.97 Å². The van der Waals surface area contributed by atoms with Crippen LogP contribution in [0.1, 0.15) is 18.1 Å². The zero-order valence-electron chi connectivity index (χ0n) is 9.97. The molecule has 0 aliphatic carbocycles. The van der Waals surface area contributed by atoms with Crippen molar-refractivity contribution < 1.29 is 14.3 Å². The lowest BCUT2D eigenvalue weighted by Gasteiger charge is -2.12.